The summed E-state index contributed by atoms with van der Waals surface area (Å²) in [6, 6.07) is 11.1. The van der Waals surface area contributed by atoms with E-state index >= 15 is 0 Å². The van der Waals surface area contributed by atoms with Crippen molar-refractivity contribution in [1.82, 2.24) is 10.2 Å². The lowest BCUT2D eigenvalue weighted by molar-refractivity contribution is -0.139. The number of ether oxygens (including phenoxy) is 2. The largest absolute Gasteiger partial charge is 0.497 e. The van der Waals surface area contributed by atoms with Gasteiger partial charge in [0, 0.05) is 23.1 Å². The Morgan fingerprint density at radius 2 is 1.69 bits per heavy atom. The molecule has 2 aromatic rings. The first-order chi connectivity index (χ1) is 16.9. The number of carbonyl (C=O) groups is 2. The normalized spacial score (nSPS) is 12.9. The monoisotopic (exact) mass is 583 g/mol. The first-order valence-corrected chi connectivity index (χ1v) is 14.1. The Kier molecular flexibility index (Phi) is 10.6. The van der Waals surface area contributed by atoms with Gasteiger partial charge < -0.3 is 19.7 Å². The van der Waals surface area contributed by atoms with Crippen LogP contribution in [0.25, 0.3) is 0 Å². The summed E-state index contributed by atoms with van der Waals surface area (Å²) in [5, 5.41) is 2.90. The van der Waals surface area contributed by atoms with Gasteiger partial charge in [0.05, 0.1) is 26.2 Å². The zero-order valence-corrected chi connectivity index (χ0v) is 23.9. The molecule has 0 bridgehead atoms. The Hall–Kier alpha value is -2.79. The number of amides is 2. The van der Waals surface area contributed by atoms with E-state index in [1.54, 1.807) is 19.1 Å². The molecule has 36 heavy (non-hydrogen) atoms. The van der Waals surface area contributed by atoms with E-state index in [1.807, 2.05) is 38.1 Å². The fraction of sp³-hybridized carbons (Fsp3) is 0.440. The molecule has 0 aromatic heterocycles. The molecule has 9 nitrogen and oxygen atoms in total. The number of nitrogens with zero attached hydrogens (tertiary/aromatic N) is 2. The highest BCUT2D eigenvalue weighted by Gasteiger charge is 2.31. The number of nitrogens with one attached hydrogen (secondary N) is 1. The summed E-state index contributed by atoms with van der Waals surface area (Å²) in [7, 11) is -0.999. The Bertz CT molecular complexity index is 1160. The highest BCUT2D eigenvalue weighted by molar-refractivity contribution is 9.10. The number of anilines is 1. The van der Waals surface area contributed by atoms with Gasteiger partial charge in [-0.2, -0.15) is 0 Å². The maximum Gasteiger partial charge on any atom is 0.244 e. The summed E-state index contributed by atoms with van der Waals surface area (Å²) < 4.78 is 38.0. The van der Waals surface area contributed by atoms with Crippen molar-refractivity contribution in [2.45, 2.75) is 45.8 Å². The van der Waals surface area contributed by atoms with Crippen LogP contribution in [0.3, 0.4) is 0 Å². The van der Waals surface area contributed by atoms with E-state index in [2.05, 4.69) is 21.2 Å². The minimum Gasteiger partial charge on any atom is -0.497 e. The summed E-state index contributed by atoms with van der Waals surface area (Å²) in [5.41, 5.74) is 0.983. The maximum atomic E-state index is 13.6. The van der Waals surface area contributed by atoms with Crippen molar-refractivity contribution in [3.05, 3.63) is 52.5 Å². The molecule has 0 aliphatic rings. The molecule has 0 radical (unpaired) electrons. The summed E-state index contributed by atoms with van der Waals surface area (Å²) in [5.74, 6) is -0.145. The van der Waals surface area contributed by atoms with E-state index in [-0.39, 0.29) is 29.9 Å². The molecule has 2 aromatic carbocycles. The molecule has 0 spiro atoms. The zero-order valence-electron chi connectivity index (χ0n) is 21.4. The second kappa shape index (κ2) is 13.0. The highest BCUT2D eigenvalue weighted by atomic mass is 79.9. The molecular weight excluding hydrogens is 550 g/mol. The van der Waals surface area contributed by atoms with E-state index in [0.717, 1.165) is 27.0 Å². The molecule has 0 heterocycles. The Labute approximate surface area is 221 Å². The maximum absolute atomic E-state index is 13.6. The SMILES string of the molecule is CCC(C)NC(=O)C(C)N(Cc1ccc(Br)cc1)C(=O)CN(c1ccc(OC)cc1OC)S(C)(=O)=O. The molecule has 1 N–H and O–H groups in total. The van der Waals surface area contributed by atoms with Crippen molar-refractivity contribution < 1.29 is 27.5 Å². The molecule has 0 saturated heterocycles. The molecule has 0 aliphatic carbocycles. The van der Waals surface area contributed by atoms with Gasteiger partial charge in [-0.05, 0) is 50.1 Å². The fourth-order valence-corrected chi connectivity index (χ4v) is 4.54. The van der Waals surface area contributed by atoms with Crippen LogP contribution in [0.1, 0.15) is 32.8 Å². The molecule has 2 atom stereocenters. The number of hydrogen-bond acceptors (Lipinski definition) is 6. The summed E-state index contributed by atoms with van der Waals surface area (Å²) in [6.45, 7) is 5.07. The van der Waals surface area contributed by atoms with Crippen LogP contribution in [0.5, 0.6) is 11.5 Å². The van der Waals surface area contributed by atoms with Gasteiger partial charge in [-0.15, -0.1) is 0 Å². The summed E-state index contributed by atoms with van der Waals surface area (Å²) in [4.78, 5) is 28.0. The van der Waals surface area contributed by atoms with Crippen LogP contribution in [-0.4, -0.2) is 64.2 Å². The van der Waals surface area contributed by atoms with E-state index in [1.165, 1.54) is 25.2 Å². The molecular formula is C25H34BrN3O6S. The lowest BCUT2D eigenvalue weighted by Crippen LogP contribution is -2.52. The quantitative estimate of drug-likeness (QED) is 0.409. The van der Waals surface area contributed by atoms with Crippen molar-refractivity contribution >= 4 is 43.5 Å². The van der Waals surface area contributed by atoms with Crippen LogP contribution < -0.4 is 19.1 Å². The standard InChI is InChI=1S/C25H34BrN3O6S/c1-7-17(2)27-25(31)18(3)28(15-19-8-10-20(26)11-9-19)24(30)16-29(36(6,32)33)22-13-12-21(34-4)14-23(22)35-5/h8-14,17-18H,7,15-16H2,1-6H3,(H,27,31). The van der Waals surface area contributed by atoms with Gasteiger partial charge in [-0.3, -0.25) is 13.9 Å². The summed E-state index contributed by atoms with van der Waals surface area (Å²) >= 11 is 3.39. The van der Waals surface area contributed by atoms with Crippen LogP contribution in [0, 0.1) is 0 Å². The lowest BCUT2D eigenvalue weighted by atomic mass is 10.1. The Morgan fingerprint density at radius 1 is 1.06 bits per heavy atom. The van der Waals surface area contributed by atoms with Gasteiger partial charge in [0.1, 0.15) is 24.1 Å². The van der Waals surface area contributed by atoms with E-state index in [0.29, 0.717) is 5.75 Å². The molecule has 2 unspecified atom stereocenters. The molecule has 11 heteroatoms. The van der Waals surface area contributed by atoms with E-state index in [4.69, 9.17) is 9.47 Å². The average Bonchev–Trinajstić information content (AvgIpc) is 2.85. The minimum atomic E-state index is -3.89. The van der Waals surface area contributed by atoms with E-state index in [9.17, 15) is 18.0 Å². The number of halogens is 1. The first-order valence-electron chi connectivity index (χ1n) is 11.4. The van der Waals surface area contributed by atoms with Crippen LogP contribution in [0.2, 0.25) is 0 Å². The van der Waals surface area contributed by atoms with Crippen molar-refractivity contribution in [2.75, 3.05) is 31.3 Å². The number of benzene rings is 2. The molecule has 0 fully saturated rings. The molecule has 198 valence electrons. The number of sulfonamides is 1. The highest BCUT2D eigenvalue weighted by Crippen LogP contribution is 2.33. The Morgan fingerprint density at radius 3 is 2.22 bits per heavy atom. The first kappa shape index (κ1) is 29.4. The topological polar surface area (TPSA) is 105 Å². The van der Waals surface area contributed by atoms with Gasteiger partial charge in [0.15, 0.2) is 0 Å². The van der Waals surface area contributed by atoms with Gasteiger partial charge >= 0.3 is 0 Å². The molecule has 0 aliphatic heterocycles. The van der Waals surface area contributed by atoms with Crippen molar-refractivity contribution in [3.8, 4) is 11.5 Å². The van der Waals surface area contributed by atoms with Crippen LogP contribution in [-0.2, 0) is 26.2 Å². The van der Waals surface area contributed by atoms with Crippen LogP contribution >= 0.6 is 15.9 Å². The predicted molar refractivity (Wildman–Crippen MR) is 144 cm³/mol. The number of methoxy groups -OCH3 is 2. The zero-order chi connectivity index (χ0) is 27.0. The van der Waals surface area contributed by atoms with Crippen LogP contribution in [0.15, 0.2) is 46.9 Å². The van der Waals surface area contributed by atoms with Crippen molar-refractivity contribution in [3.63, 3.8) is 0 Å². The number of hydrogen-bond donors (Lipinski definition) is 1. The number of rotatable bonds is 12. The van der Waals surface area contributed by atoms with Crippen LogP contribution in [0.4, 0.5) is 5.69 Å². The van der Waals surface area contributed by atoms with Gasteiger partial charge in [0.2, 0.25) is 21.8 Å². The number of carbonyl (C=O) groups excluding carboxylic acids is 2. The molecule has 0 saturated carbocycles. The predicted octanol–water partition coefficient (Wildman–Crippen LogP) is 3.56. The smallest absolute Gasteiger partial charge is 0.244 e. The van der Waals surface area contributed by atoms with Gasteiger partial charge in [-0.1, -0.05) is 35.0 Å². The van der Waals surface area contributed by atoms with Gasteiger partial charge in [-0.25, -0.2) is 8.42 Å². The molecule has 2 amide bonds. The second-order valence-corrected chi connectivity index (χ2v) is 11.3. The van der Waals surface area contributed by atoms with Gasteiger partial charge in [0.25, 0.3) is 0 Å². The summed E-state index contributed by atoms with van der Waals surface area (Å²) in [6.07, 6.45) is 1.75. The second-order valence-electron chi connectivity index (χ2n) is 8.45. The van der Waals surface area contributed by atoms with Crippen molar-refractivity contribution in [1.29, 1.82) is 0 Å². The average molecular weight is 585 g/mol. The minimum absolute atomic E-state index is 0.0688. The third-order valence-electron chi connectivity index (χ3n) is 5.77. The molecule has 2 rings (SSSR count). The van der Waals surface area contributed by atoms with Crippen molar-refractivity contribution in [2.24, 2.45) is 0 Å². The Balaban J connectivity index is 2.45. The third kappa shape index (κ3) is 7.86. The lowest BCUT2D eigenvalue weighted by Gasteiger charge is -2.32. The van der Waals surface area contributed by atoms with E-state index < -0.39 is 28.5 Å². The fourth-order valence-electron chi connectivity index (χ4n) is 3.42. The third-order valence-corrected chi connectivity index (χ3v) is 7.42.